The molecule has 0 aromatic carbocycles. The predicted octanol–water partition coefficient (Wildman–Crippen LogP) is -1.44. The average molecular weight is 445 g/mol. The largest absolute Gasteiger partial charge is 0.378 e. The summed E-state index contributed by atoms with van der Waals surface area (Å²) < 4.78 is 5.34. The first-order valence-corrected chi connectivity index (χ1v) is 10.8. The molecule has 0 radical (unpaired) electrons. The summed E-state index contributed by atoms with van der Waals surface area (Å²) in [4.78, 5) is 71.5. The second-order valence-corrected chi connectivity index (χ2v) is 7.54. The molecule has 168 valence electrons. The number of hydrogen-bond acceptors (Lipinski definition) is 8. The smallest absolute Gasteiger partial charge is 0.249 e. The van der Waals surface area contributed by atoms with Gasteiger partial charge in [0.05, 0.1) is 31.4 Å². The van der Waals surface area contributed by atoms with Gasteiger partial charge in [0.1, 0.15) is 6.04 Å². The summed E-state index contributed by atoms with van der Waals surface area (Å²) in [7, 11) is 0. The van der Waals surface area contributed by atoms with Crippen LogP contribution in [-0.2, 0) is 33.5 Å². The highest BCUT2D eigenvalue weighted by atomic mass is 32.2. The van der Waals surface area contributed by atoms with Gasteiger partial charge in [0.15, 0.2) is 0 Å². The fourth-order valence-corrected chi connectivity index (χ4v) is 3.25. The van der Waals surface area contributed by atoms with Gasteiger partial charge < -0.3 is 15.4 Å². The Morgan fingerprint density at radius 1 is 1.20 bits per heavy atom. The van der Waals surface area contributed by atoms with Crippen molar-refractivity contribution < 1.29 is 33.5 Å². The van der Waals surface area contributed by atoms with Crippen molar-refractivity contribution in [3.05, 3.63) is 0 Å². The Labute approximate surface area is 179 Å². The highest BCUT2D eigenvalue weighted by Gasteiger charge is 2.37. The summed E-state index contributed by atoms with van der Waals surface area (Å²) in [5, 5.41) is 6.65. The number of rotatable bonds is 12. The van der Waals surface area contributed by atoms with E-state index in [1.165, 1.54) is 16.7 Å². The lowest BCUT2D eigenvalue weighted by atomic mass is 10.1. The van der Waals surface area contributed by atoms with Crippen LogP contribution in [0, 0.1) is 0 Å². The molecule has 0 aromatic heterocycles. The number of thioether (sulfide) groups is 1. The second kappa shape index (κ2) is 13.0. The highest BCUT2D eigenvalue weighted by molar-refractivity contribution is 8.00. The van der Waals surface area contributed by atoms with Crippen LogP contribution >= 0.6 is 11.8 Å². The number of amides is 6. The summed E-state index contributed by atoms with van der Waals surface area (Å²) in [6.07, 6.45) is 1.76. The van der Waals surface area contributed by atoms with Gasteiger partial charge in [-0.1, -0.05) is 6.92 Å². The van der Waals surface area contributed by atoms with Crippen molar-refractivity contribution in [3.8, 4) is 0 Å². The third-order valence-corrected chi connectivity index (χ3v) is 5.11. The summed E-state index contributed by atoms with van der Waals surface area (Å²) in [6.45, 7) is 3.32. The fraction of sp³-hybridized carbons (Fsp3) is 0.667. The van der Waals surface area contributed by atoms with Crippen molar-refractivity contribution in [1.82, 2.24) is 20.9 Å². The Kier molecular flexibility index (Phi) is 11.0. The second-order valence-electron chi connectivity index (χ2n) is 6.50. The van der Waals surface area contributed by atoms with Gasteiger partial charge in [-0.2, -0.15) is 11.8 Å². The quantitative estimate of drug-likeness (QED) is 0.244. The number of nitrogens with zero attached hydrogens (tertiary/aromatic N) is 1. The molecule has 2 unspecified atom stereocenters. The van der Waals surface area contributed by atoms with Crippen molar-refractivity contribution in [3.63, 3.8) is 0 Å². The molecule has 1 rings (SSSR count). The van der Waals surface area contributed by atoms with E-state index >= 15 is 0 Å². The monoisotopic (exact) mass is 444 g/mol. The first-order chi connectivity index (χ1) is 14.2. The molecule has 1 saturated heterocycles. The first kappa shape index (κ1) is 25.6. The number of imide groups is 2. The Morgan fingerprint density at radius 2 is 1.90 bits per heavy atom. The van der Waals surface area contributed by atoms with Gasteiger partial charge in [0.25, 0.3) is 0 Å². The zero-order valence-electron chi connectivity index (χ0n) is 17.3. The number of carbonyl (C=O) groups excluding carboxylic acids is 6. The lowest BCUT2D eigenvalue weighted by molar-refractivity contribution is -0.139. The van der Waals surface area contributed by atoms with Crippen LogP contribution in [0.25, 0.3) is 0 Å². The number of nitrogens with one attached hydrogen (secondary N) is 3. The maximum atomic E-state index is 12.0. The van der Waals surface area contributed by atoms with Gasteiger partial charge in [0, 0.05) is 26.3 Å². The van der Waals surface area contributed by atoms with Crippen molar-refractivity contribution >= 4 is 47.2 Å². The molecule has 30 heavy (non-hydrogen) atoms. The van der Waals surface area contributed by atoms with Crippen molar-refractivity contribution in [2.45, 2.75) is 44.4 Å². The molecule has 0 aromatic rings. The van der Waals surface area contributed by atoms with Crippen LogP contribution in [-0.4, -0.2) is 84.2 Å². The van der Waals surface area contributed by atoms with Crippen LogP contribution in [0.5, 0.6) is 0 Å². The van der Waals surface area contributed by atoms with Gasteiger partial charge in [-0.15, -0.1) is 0 Å². The third kappa shape index (κ3) is 8.49. The van der Waals surface area contributed by atoms with Crippen LogP contribution in [0.3, 0.4) is 0 Å². The topological polar surface area (TPSA) is 151 Å². The molecule has 6 amide bonds. The summed E-state index contributed by atoms with van der Waals surface area (Å²) in [5.41, 5.74) is 0. The van der Waals surface area contributed by atoms with E-state index < -0.39 is 29.7 Å². The Hall–Kier alpha value is -2.47. The van der Waals surface area contributed by atoms with Crippen LogP contribution < -0.4 is 16.0 Å². The van der Waals surface area contributed by atoms with Gasteiger partial charge >= 0.3 is 0 Å². The van der Waals surface area contributed by atoms with E-state index in [0.717, 1.165) is 6.92 Å². The molecule has 12 heteroatoms. The van der Waals surface area contributed by atoms with Gasteiger partial charge in [0.2, 0.25) is 35.4 Å². The molecule has 1 fully saturated rings. The molecule has 1 aliphatic rings. The molecule has 0 saturated carbocycles. The normalized spacial score (nSPS) is 16.9. The molecule has 1 aliphatic heterocycles. The Balaban J connectivity index is 2.32. The van der Waals surface area contributed by atoms with E-state index in [1.54, 1.807) is 13.2 Å². The number of likely N-dealkylation sites (tertiary alicyclic amines) is 1. The lowest BCUT2D eigenvalue weighted by Crippen LogP contribution is -2.50. The van der Waals surface area contributed by atoms with Crippen LogP contribution in [0.2, 0.25) is 0 Å². The number of carbonyl (C=O) groups is 6. The average Bonchev–Trinajstić information content (AvgIpc) is 2.96. The zero-order valence-corrected chi connectivity index (χ0v) is 18.1. The van der Waals surface area contributed by atoms with E-state index in [1.807, 2.05) is 5.32 Å². The van der Waals surface area contributed by atoms with Crippen molar-refractivity contribution in [2.24, 2.45) is 0 Å². The maximum Gasteiger partial charge on any atom is 0.249 e. The molecule has 2 atom stereocenters. The van der Waals surface area contributed by atoms with Gasteiger partial charge in [-0.3, -0.25) is 39.0 Å². The summed E-state index contributed by atoms with van der Waals surface area (Å²) >= 11 is 1.34. The first-order valence-electron chi connectivity index (χ1n) is 9.51. The minimum atomic E-state index is -1.17. The van der Waals surface area contributed by atoms with Crippen LogP contribution in [0.1, 0.15) is 33.1 Å². The van der Waals surface area contributed by atoms with Crippen LogP contribution in [0.15, 0.2) is 0 Å². The maximum absolute atomic E-state index is 12.0. The summed E-state index contributed by atoms with van der Waals surface area (Å²) in [6, 6.07) is -1.17. The zero-order chi connectivity index (χ0) is 22.7. The number of ether oxygens (including phenoxy) is 1. The standard InChI is InChI=1S/C18H28N4O7S/c1-4-14(24)21-12(17(27)20-11(2)23)9-15(25)19-5-7-29-8-6-22-16(26)10-13(30-3)18(22)28/h12-13H,4-10H2,1-3H3,(H,19,25)(H,21,24)(H,20,23,27). The minimum absolute atomic E-state index is 0.124. The molecule has 0 aliphatic carbocycles. The molecular formula is C18H28N4O7S. The van der Waals surface area contributed by atoms with Crippen molar-refractivity contribution in [1.29, 1.82) is 0 Å². The lowest BCUT2D eigenvalue weighted by Gasteiger charge is -2.17. The van der Waals surface area contributed by atoms with Crippen molar-refractivity contribution in [2.75, 3.05) is 32.6 Å². The van der Waals surface area contributed by atoms with Gasteiger partial charge in [-0.05, 0) is 6.26 Å². The molecule has 0 bridgehead atoms. The number of hydrogen-bond donors (Lipinski definition) is 3. The third-order valence-electron chi connectivity index (χ3n) is 4.18. The SMILES string of the molecule is CCC(=O)NC(CC(=O)NCCOCCN1C(=O)CC(SC)C1=O)C(=O)NC(C)=O. The van der Waals surface area contributed by atoms with E-state index in [0.29, 0.717) is 0 Å². The highest BCUT2D eigenvalue weighted by Crippen LogP contribution is 2.22. The molecule has 3 N–H and O–H groups in total. The van der Waals surface area contributed by atoms with Gasteiger partial charge in [-0.25, -0.2) is 0 Å². The van der Waals surface area contributed by atoms with E-state index in [9.17, 15) is 28.8 Å². The molecular weight excluding hydrogens is 416 g/mol. The predicted molar refractivity (Wildman–Crippen MR) is 108 cm³/mol. The van der Waals surface area contributed by atoms with E-state index in [-0.39, 0.29) is 62.6 Å². The van der Waals surface area contributed by atoms with E-state index in [4.69, 9.17) is 4.74 Å². The summed E-state index contributed by atoms with van der Waals surface area (Å²) in [5.74, 6) is -2.73. The Bertz CT molecular complexity index is 685. The Morgan fingerprint density at radius 3 is 2.47 bits per heavy atom. The fourth-order valence-electron chi connectivity index (χ4n) is 2.62. The molecule has 0 spiro atoms. The van der Waals surface area contributed by atoms with Crippen LogP contribution in [0.4, 0.5) is 0 Å². The van der Waals surface area contributed by atoms with E-state index in [2.05, 4.69) is 10.6 Å². The molecule has 11 nitrogen and oxygen atoms in total. The minimum Gasteiger partial charge on any atom is -0.378 e. The molecule has 1 heterocycles.